The Labute approximate surface area is 121 Å². The second-order valence-electron chi connectivity index (χ2n) is 5.86. The third-order valence-electron chi connectivity index (χ3n) is 4.46. The average Bonchev–Trinajstić information content (AvgIpc) is 2.48. The number of carbonyl (C=O) groups is 1. The maximum absolute atomic E-state index is 12.4. The van der Waals surface area contributed by atoms with Crippen LogP contribution in [0.3, 0.4) is 0 Å². The molecule has 1 aromatic rings. The van der Waals surface area contributed by atoms with Crippen LogP contribution < -0.4 is 5.32 Å². The molecule has 0 spiro atoms. The number of carbonyl (C=O) groups excluding carboxylic acids is 1. The Kier molecular flexibility index (Phi) is 5.05. The molecule has 2 rings (SSSR count). The molecule has 20 heavy (non-hydrogen) atoms. The van der Waals surface area contributed by atoms with Gasteiger partial charge in [-0.3, -0.25) is 4.79 Å². The zero-order valence-corrected chi connectivity index (χ0v) is 12.5. The second-order valence-corrected chi connectivity index (χ2v) is 5.86. The van der Waals surface area contributed by atoms with Gasteiger partial charge in [-0.2, -0.15) is 0 Å². The number of phenolic OH excluding ortho intramolecular Hbond substituents is 1. The van der Waals surface area contributed by atoms with Gasteiger partial charge in [0.2, 0.25) is 0 Å². The van der Waals surface area contributed by atoms with Gasteiger partial charge in [-0.1, -0.05) is 38.3 Å². The molecule has 1 aliphatic carbocycles. The summed E-state index contributed by atoms with van der Waals surface area (Å²) in [4.78, 5) is 12.4. The van der Waals surface area contributed by atoms with Crippen LogP contribution in [0.5, 0.6) is 5.75 Å². The van der Waals surface area contributed by atoms with E-state index in [9.17, 15) is 9.90 Å². The van der Waals surface area contributed by atoms with Gasteiger partial charge in [-0.15, -0.1) is 0 Å². The molecule has 0 aromatic heterocycles. The van der Waals surface area contributed by atoms with Crippen LogP contribution in [0.15, 0.2) is 18.2 Å². The number of hydrogen-bond donors (Lipinski definition) is 2. The topological polar surface area (TPSA) is 49.3 Å². The summed E-state index contributed by atoms with van der Waals surface area (Å²) in [5.74, 6) is 0.539. The first kappa shape index (κ1) is 14.9. The maximum Gasteiger partial charge on any atom is 0.255 e. The average molecular weight is 275 g/mol. The molecule has 0 bridgehead atoms. The third-order valence-corrected chi connectivity index (χ3v) is 4.46. The summed E-state index contributed by atoms with van der Waals surface area (Å²) in [6, 6.07) is 5.53. The number of hydrogen-bond acceptors (Lipinski definition) is 2. The third kappa shape index (κ3) is 3.33. The Hall–Kier alpha value is -1.51. The lowest BCUT2D eigenvalue weighted by Gasteiger charge is -2.30. The Morgan fingerprint density at radius 1 is 1.35 bits per heavy atom. The van der Waals surface area contributed by atoms with Crippen molar-refractivity contribution in [1.29, 1.82) is 0 Å². The van der Waals surface area contributed by atoms with Crippen LogP contribution in [0.1, 0.15) is 61.4 Å². The van der Waals surface area contributed by atoms with E-state index >= 15 is 0 Å². The molecule has 3 heteroatoms. The molecule has 1 aliphatic rings. The summed E-state index contributed by atoms with van der Waals surface area (Å²) in [7, 11) is 0. The molecule has 0 radical (unpaired) electrons. The predicted molar refractivity (Wildman–Crippen MR) is 81.0 cm³/mol. The summed E-state index contributed by atoms with van der Waals surface area (Å²) in [5.41, 5.74) is 1.13. The molecule has 1 amide bonds. The van der Waals surface area contributed by atoms with Crippen LogP contribution >= 0.6 is 0 Å². The summed E-state index contributed by atoms with van der Waals surface area (Å²) in [5, 5.41) is 13.1. The number of amides is 1. The fourth-order valence-corrected chi connectivity index (χ4v) is 3.18. The Morgan fingerprint density at radius 3 is 2.70 bits per heavy atom. The van der Waals surface area contributed by atoms with Gasteiger partial charge < -0.3 is 10.4 Å². The largest absolute Gasteiger partial charge is 0.507 e. The number of aryl methyl sites for hydroxylation is 1. The summed E-state index contributed by atoms with van der Waals surface area (Å²) in [6.45, 7) is 3.93. The molecule has 0 saturated heterocycles. The fourth-order valence-electron chi connectivity index (χ4n) is 3.18. The SMILES string of the molecule is CCC(NC(=O)c1cccc(C)c1O)C1CCCCC1. The molecule has 1 aromatic carbocycles. The second kappa shape index (κ2) is 6.78. The lowest BCUT2D eigenvalue weighted by molar-refractivity contribution is 0.0908. The van der Waals surface area contributed by atoms with Crippen molar-refractivity contribution in [2.45, 2.75) is 58.4 Å². The van der Waals surface area contributed by atoms with Gasteiger partial charge in [0.05, 0.1) is 5.56 Å². The fraction of sp³-hybridized carbons (Fsp3) is 0.588. The lowest BCUT2D eigenvalue weighted by atomic mass is 9.83. The first-order valence-electron chi connectivity index (χ1n) is 7.73. The van der Waals surface area contributed by atoms with Gasteiger partial charge in [-0.05, 0) is 43.7 Å². The van der Waals surface area contributed by atoms with E-state index in [1.165, 1.54) is 32.1 Å². The van der Waals surface area contributed by atoms with Crippen LogP contribution in [0.2, 0.25) is 0 Å². The van der Waals surface area contributed by atoms with Crippen molar-refractivity contribution >= 4 is 5.91 Å². The highest BCUT2D eigenvalue weighted by molar-refractivity contribution is 5.97. The Morgan fingerprint density at radius 2 is 2.05 bits per heavy atom. The van der Waals surface area contributed by atoms with E-state index in [2.05, 4.69) is 12.2 Å². The van der Waals surface area contributed by atoms with Crippen LogP contribution in [0, 0.1) is 12.8 Å². The molecular formula is C17H25NO2. The van der Waals surface area contributed by atoms with Crippen molar-refractivity contribution in [3.8, 4) is 5.75 Å². The van der Waals surface area contributed by atoms with Gasteiger partial charge in [0.1, 0.15) is 5.75 Å². The number of benzene rings is 1. The van der Waals surface area contributed by atoms with Crippen molar-refractivity contribution in [2.24, 2.45) is 5.92 Å². The van der Waals surface area contributed by atoms with Gasteiger partial charge in [0.15, 0.2) is 0 Å². The highest BCUT2D eigenvalue weighted by Crippen LogP contribution is 2.28. The molecule has 1 saturated carbocycles. The van der Waals surface area contributed by atoms with Crippen LogP contribution in [0.25, 0.3) is 0 Å². The maximum atomic E-state index is 12.4. The number of rotatable bonds is 4. The van der Waals surface area contributed by atoms with Crippen LogP contribution in [0.4, 0.5) is 0 Å². The molecule has 1 unspecified atom stereocenters. The minimum Gasteiger partial charge on any atom is -0.507 e. The van der Waals surface area contributed by atoms with Gasteiger partial charge in [-0.25, -0.2) is 0 Å². The first-order chi connectivity index (χ1) is 9.63. The van der Waals surface area contributed by atoms with E-state index < -0.39 is 0 Å². The van der Waals surface area contributed by atoms with Crippen LogP contribution in [-0.2, 0) is 0 Å². The lowest BCUT2D eigenvalue weighted by Crippen LogP contribution is -2.40. The minimum absolute atomic E-state index is 0.100. The van der Waals surface area contributed by atoms with E-state index in [0.29, 0.717) is 11.5 Å². The zero-order chi connectivity index (χ0) is 14.5. The monoisotopic (exact) mass is 275 g/mol. The molecule has 3 nitrogen and oxygen atoms in total. The van der Waals surface area contributed by atoms with E-state index in [0.717, 1.165) is 12.0 Å². The number of nitrogens with one attached hydrogen (secondary N) is 1. The van der Waals surface area contributed by atoms with E-state index in [4.69, 9.17) is 0 Å². The first-order valence-corrected chi connectivity index (χ1v) is 7.73. The summed E-state index contributed by atoms with van der Waals surface area (Å²) >= 11 is 0. The standard InChI is InChI=1S/C17H25NO2/c1-3-15(13-9-5-4-6-10-13)18-17(20)14-11-7-8-12(2)16(14)19/h7-8,11,13,15,19H,3-6,9-10H2,1-2H3,(H,18,20). The minimum atomic E-state index is -0.149. The Balaban J connectivity index is 2.06. The molecular weight excluding hydrogens is 250 g/mol. The van der Waals surface area contributed by atoms with E-state index in [-0.39, 0.29) is 17.7 Å². The number of para-hydroxylation sites is 1. The number of aromatic hydroxyl groups is 1. The van der Waals surface area contributed by atoms with Crippen molar-refractivity contribution in [3.05, 3.63) is 29.3 Å². The molecule has 0 heterocycles. The van der Waals surface area contributed by atoms with Crippen molar-refractivity contribution in [3.63, 3.8) is 0 Å². The van der Waals surface area contributed by atoms with Gasteiger partial charge >= 0.3 is 0 Å². The summed E-state index contributed by atoms with van der Waals surface area (Å²) < 4.78 is 0. The summed E-state index contributed by atoms with van der Waals surface area (Å²) in [6.07, 6.45) is 7.22. The molecule has 0 aliphatic heterocycles. The predicted octanol–water partition coefficient (Wildman–Crippen LogP) is 3.79. The van der Waals surface area contributed by atoms with Crippen LogP contribution in [-0.4, -0.2) is 17.1 Å². The smallest absolute Gasteiger partial charge is 0.255 e. The van der Waals surface area contributed by atoms with Crippen molar-refractivity contribution < 1.29 is 9.90 Å². The highest BCUT2D eigenvalue weighted by atomic mass is 16.3. The molecule has 1 fully saturated rings. The normalized spacial score (nSPS) is 17.7. The Bertz CT molecular complexity index is 464. The van der Waals surface area contributed by atoms with Crippen molar-refractivity contribution in [1.82, 2.24) is 5.32 Å². The van der Waals surface area contributed by atoms with Gasteiger partial charge in [0.25, 0.3) is 5.91 Å². The molecule has 110 valence electrons. The van der Waals surface area contributed by atoms with E-state index in [1.807, 2.05) is 19.1 Å². The quantitative estimate of drug-likeness (QED) is 0.878. The van der Waals surface area contributed by atoms with Crippen molar-refractivity contribution in [2.75, 3.05) is 0 Å². The van der Waals surface area contributed by atoms with Gasteiger partial charge in [0, 0.05) is 6.04 Å². The van der Waals surface area contributed by atoms with E-state index in [1.54, 1.807) is 6.07 Å². The molecule has 2 N–H and O–H groups in total. The number of phenols is 1. The zero-order valence-electron chi connectivity index (χ0n) is 12.5. The highest BCUT2D eigenvalue weighted by Gasteiger charge is 2.24. The molecule has 1 atom stereocenters.